The van der Waals surface area contributed by atoms with Crippen LogP contribution in [0.1, 0.15) is 5.56 Å². The van der Waals surface area contributed by atoms with Crippen molar-refractivity contribution < 1.29 is 9.47 Å². The summed E-state index contributed by atoms with van der Waals surface area (Å²) in [5.41, 5.74) is 6.80. The van der Waals surface area contributed by atoms with Crippen molar-refractivity contribution >= 4 is 0 Å². The molecule has 0 amide bonds. The monoisotopic (exact) mass is 237 g/mol. The van der Waals surface area contributed by atoms with Crippen LogP contribution in [0.25, 0.3) is 0 Å². The standard InChI is InChI=1S/C12H19N3O2/c1-16-12-3-2-10(7-14-12)8-15-4-5-17-11(6-13)9-15/h2-3,7,11H,4-6,8-9,13H2,1H3. The minimum Gasteiger partial charge on any atom is -0.481 e. The maximum atomic E-state index is 5.62. The summed E-state index contributed by atoms with van der Waals surface area (Å²) < 4.78 is 10.6. The maximum absolute atomic E-state index is 5.62. The van der Waals surface area contributed by atoms with Crippen LogP contribution < -0.4 is 10.5 Å². The van der Waals surface area contributed by atoms with Crippen molar-refractivity contribution in [2.45, 2.75) is 12.6 Å². The van der Waals surface area contributed by atoms with Gasteiger partial charge in [0.15, 0.2) is 0 Å². The summed E-state index contributed by atoms with van der Waals surface area (Å²) in [5.74, 6) is 0.649. The summed E-state index contributed by atoms with van der Waals surface area (Å²) in [6, 6.07) is 3.93. The van der Waals surface area contributed by atoms with Gasteiger partial charge in [0.05, 0.1) is 19.8 Å². The number of nitrogens with two attached hydrogens (primary N) is 1. The van der Waals surface area contributed by atoms with Gasteiger partial charge in [-0.2, -0.15) is 0 Å². The predicted octanol–water partition coefficient (Wildman–Crippen LogP) is 0.250. The third-order valence-electron chi connectivity index (χ3n) is 2.90. The molecule has 0 aromatic carbocycles. The fourth-order valence-corrected chi connectivity index (χ4v) is 1.95. The molecule has 2 rings (SSSR count). The van der Waals surface area contributed by atoms with Gasteiger partial charge in [-0.05, 0) is 5.56 Å². The van der Waals surface area contributed by atoms with Crippen LogP contribution >= 0.6 is 0 Å². The van der Waals surface area contributed by atoms with Gasteiger partial charge in [-0.15, -0.1) is 0 Å². The fourth-order valence-electron chi connectivity index (χ4n) is 1.95. The van der Waals surface area contributed by atoms with Gasteiger partial charge in [0.1, 0.15) is 0 Å². The van der Waals surface area contributed by atoms with E-state index in [2.05, 4.69) is 9.88 Å². The van der Waals surface area contributed by atoms with Gasteiger partial charge in [0.25, 0.3) is 0 Å². The number of pyridine rings is 1. The van der Waals surface area contributed by atoms with Gasteiger partial charge >= 0.3 is 0 Å². The molecule has 0 spiro atoms. The van der Waals surface area contributed by atoms with Crippen LogP contribution in [-0.2, 0) is 11.3 Å². The number of morpholine rings is 1. The van der Waals surface area contributed by atoms with Crippen LogP contribution in [0.2, 0.25) is 0 Å². The molecule has 1 aliphatic rings. The Labute approximate surface area is 102 Å². The molecule has 0 radical (unpaired) electrons. The zero-order valence-electron chi connectivity index (χ0n) is 10.1. The van der Waals surface area contributed by atoms with Gasteiger partial charge in [0.2, 0.25) is 5.88 Å². The normalized spacial score (nSPS) is 21.4. The molecule has 1 unspecified atom stereocenters. The second kappa shape index (κ2) is 5.95. The van der Waals surface area contributed by atoms with Gasteiger partial charge in [-0.25, -0.2) is 4.98 Å². The van der Waals surface area contributed by atoms with Crippen LogP contribution in [-0.4, -0.2) is 49.3 Å². The van der Waals surface area contributed by atoms with Gasteiger partial charge in [-0.1, -0.05) is 6.07 Å². The highest BCUT2D eigenvalue weighted by atomic mass is 16.5. The molecule has 1 aromatic rings. The molecule has 1 aromatic heterocycles. The van der Waals surface area contributed by atoms with Crippen molar-refractivity contribution in [3.63, 3.8) is 0 Å². The topological polar surface area (TPSA) is 60.6 Å². The lowest BCUT2D eigenvalue weighted by Gasteiger charge is -2.32. The summed E-state index contributed by atoms with van der Waals surface area (Å²) in [7, 11) is 1.62. The number of aromatic nitrogens is 1. The van der Waals surface area contributed by atoms with Gasteiger partial charge < -0.3 is 15.2 Å². The molecule has 0 saturated carbocycles. The predicted molar refractivity (Wildman–Crippen MR) is 64.9 cm³/mol. The minimum atomic E-state index is 0.162. The van der Waals surface area contributed by atoms with Crippen LogP contribution in [0.5, 0.6) is 5.88 Å². The lowest BCUT2D eigenvalue weighted by atomic mass is 10.2. The van der Waals surface area contributed by atoms with Crippen molar-refractivity contribution in [1.29, 1.82) is 0 Å². The first-order chi connectivity index (χ1) is 8.31. The van der Waals surface area contributed by atoms with E-state index in [1.54, 1.807) is 7.11 Å². The number of hydrogen-bond acceptors (Lipinski definition) is 5. The first-order valence-electron chi connectivity index (χ1n) is 5.84. The van der Waals surface area contributed by atoms with E-state index in [9.17, 15) is 0 Å². The highest BCUT2D eigenvalue weighted by Crippen LogP contribution is 2.11. The van der Waals surface area contributed by atoms with Gasteiger partial charge in [0, 0.05) is 38.4 Å². The van der Waals surface area contributed by atoms with E-state index in [1.807, 2.05) is 18.3 Å². The van der Waals surface area contributed by atoms with Crippen molar-refractivity contribution in [2.75, 3.05) is 33.4 Å². The third-order valence-corrected chi connectivity index (χ3v) is 2.90. The fraction of sp³-hybridized carbons (Fsp3) is 0.583. The number of nitrogens with zero attached hydrogens (tertiary/aromatic N) is 2. The van der Waals surface area contributed by atoms with Crippen molar-refractivity contribution in [3.8, 4) is 5.88 Å². The van der Waals surface area contributed by atoms with E-state index in [-0.39, 0.29) is 6.10 Å². The van der Waals surface area contributed by atoms with Crippen LogP contribution in [0.15, 0.2) is 18.3 Å². The molecular formula is C12H19N3O2. The van der Waals surface area contributed by atoms with Crippen LogP contribution in [0.3, 0.4) is 0 Å². The molecule has 2 N–H and O–H groups in total. The molecule has 94 valence electrons. The Kier molecular flexibility index (Phi) is 4.30. The molecule has 1 aliphatic heterocycles. The molecular weight excluding hydrogens is 218 g/mol. The zero-order valence-corrected chi connectivity index (χ0v) is 10.1. The number of rotatable bonds is 4. The van der Waals surface area contributed by atoms with Gasteiger partial charge in [-0.3, -0.25) is 4.90 Å². The Bertz CT molecular complexity index is 342. The van der Waals surface area contributed by atoms with Crippen molar-refractivity contribution in [2.24, 2.45) is 5.73 Å². The second-order valence-corrected chi connectivity index (χ2v) is 4.17. The minimum absolute atomic E-state index is 0.162. The SMILES string of the molecule is COc1ccc(CN2CCOC(CN)C2)cn1. The molecule has 1 atom stereocenters. The highest BCUT2D eigenvalue weighted by molar-refractivity contribution is 5.17. The molecule has 0 aliphatic carbocycles. The van der Waals surface area contributed by atoms with Crippen LogP contribution in [0, 0.1) is 0 Å². The lowest BCUT2D eigenvalue weighted by molar-refractivity contribution is -0.0260. The maximum Gasteiger partial charge on any atom is 0.212 e. The third kappa shape index (κ3) is 3.39. The van der Waals surface area contributed by atoms with E-state index in [0.717, 1.165) is 26.2 Å². The summed E-state index contributed by atoms with van der Waals surface area (Å²) in [4.78, 5) is 6.53. The smallest absolute Gasteiger partial charge is 0.212 e. The summed E-state index contributed by atoms with van der Waals surface area (Å²) in [6.45, 7) is 4.06. The second-order valence-electron chi connectivity index (χ2n) is 4.17. The molecule has 2 heterocycles. The van der Waals surface area contributed by atoms with Crippen molar-refractivity contribution in [3.05, 3.63) is 23.9 Å². The molecule has 17 heavy (non-hydrogen) atoms. The van der Waals surface area contributed by atoms with E-state index >= 15 is 0 Å². The Morgan fingerprint density at radius 2 is 2.47 bits per heavy atom. The zero-order chi connectivity index (χ0) is 12.1. The summed E-state index contributed by atoms with van der Waals surface area (Å²) >= 11 is 0. The molecule has 1 fully saturated rings. The van der Waals surface area contributed by atoms with E-state index in [4.69, 9.17) is 15.2 Å². The summed E-state index contributed by atoms with van der Waals surface area (Å²) in [5, 5.41) is 0. The average molecular weight is 237 g/mol. The lowest BCUT2D eigenvalue weighted by Crippen LogP contribution is -2.45. The molecule has 1 saturated heterocycles. The highest BCUT2D eigenvalue weighted by Gasteiger charge is 2.19. The first kappa shape index (κ1) is 12.3. The average Bonchev–Trinajstić information content (AvgIpc) is 2.40. The molecule has 5 nitrogen and oxygen atoms in total. The molecule has 0 bridgehead atoms. The molecule has 5 heteroatoms. The van der Waals surface area contributed by atoms with E-state index in [1.165, 1.54) is 5.56 Å². The number of methoxy groups -OCH3 is 1. The Morgan fingerprint density at radius 3 is 3.12 bits per heavy atom. The Balaban J connectivity index is 1.90. The Hall–Kier alpha value is -1.17. The summed E-state index contributed by atoms with van der Waals surface area (Å²) in [6.07, 6.45) is 2.01. The first-order valence-corrected chi connectivity index (χ1v) is 5.84. The van der Waals surface area contributed by atoms with Crippen LogP contribution in [0.4, 0.5) is 0 Å². The quantitative estimate of drug-likeness (QED) is 0.813. The largest absolute Gasteiger partial charge is 0.481 e. The van der Waals surface area contributed by atoms with E-state index < -0.39 is 0 Å². The Morgan fingerprint density at radius 1 is 1.59 bits per heavy atom. The van der Waals surface area contributed by atoms with Crippen molar-refractivity contribution in [1.82, 2.24) is 9.88 Å². The van der Waals surface area contributed by atoms with E-state index in [0.29, 0.717) is 12.4 Å². The number of ether oxygens (including phenoxy) is 2. The number of hydrogen-bond donors (Lipinski definition) is 1.